The van der Waals surface area contributed by atoms with Crippen molar-refractivity contribution in [2.45, 2.75) is 172 Å². The number of aliphatic hydroxyl groups is 5. The van der Waals surface area contributed by atoms with Gasteiger partial charge in [0.25, 0.3) is 0 Å². The van der Waals surface area contributed by atoms with E-state index in [9.17, 15) is 30.3 Å². The Labute approximate surface area is 248 Å². The molecule has 0 aromatic rings. The van der Waals surface area contributed by atoms with Gasteiger partial charge in [0.2, 0.25) is 5.91 Å². The molecule has 1 saturated heterocycles. The Morgan fingerprint density at radius 1 is 0.805 bits per heavy atom. The molecule has 5 unspecified atom stereocenters. The van der Waals surface area contributed by atoms with Crippen molar-refractivity contribution in [1.29, 1.82) is 0 Å². The highest BCUT2D eigenvalue weighted by Crippen LogP contribution is 2.22. The lowest BCUT2D eigenvalue weighted by molar-refractivity contribution is -0.302. The topological polar surface area (TPSA) is 149 Å². The van der Waals surface area contributed by atoms with Gasteiger partial charge in [-0.1, -0.05) is 116 Å². The molecule has 1 fully saturated rings. The highest BCUT2D eigenvalue weighted by atomic mass is 16.7. The summed E-state index contributed by atoms with van der Waals surface area (Å²) in [5.74, 6) is -0.193. The first-order chi connectivity index (χ1) is 19.8. The van der Waals surface area contributed by atoms with E-state index in [0.29, 0.717) is 6.42 Å². The highest BCUT2D eigenvalue weighted by Gasteiger charge is 2.44. The molecule has 41 heavy (non-hydrogen) atoms. The van der Waals surface area contributed by atoms with Crippen LogP contribution in [0.25, 0.3) is 0 Å². The van der Waals surface area contributed by atoms with Crippen LogP contribution in [0.4, 0.5) is 0 Å². The zero-order chi connectivity index (χ0) is 30.3. The van der Waals surface area contributed by atoms with Crippen LogP contribution in [0.5, 0.6) is 0 Å². The smallest absolute Gasteiger partial charge is 0.220 e. The minimum Gasteiger partial charge on any atom is -0.394 e. The van der Waals surface area contributed by atoms with Gasteiger partial charge < -0.3 is 40.3 Å². The molecule has 1 heterocycles. The van der Waals surface area contributed by atoms with E-state index < -0.39 is 49.5 Å². The number of nitrogens with one attached hydrogen (secondary N) is 1. The van der Waals surface area contributed by atoms with Crippen LogP contribution in [-0.2, 0) is 14.3 Å². The number of carbonyl (C=O) groups is 1. The molecule has 0 bridgehead atoms. The third-order valence-electron chi connectivity index (χ3n) is 7.86. The molecule has 0 aliphatic carbocycles. The highest BCUT2D eigenvalue weighted by molar-refractivity contribution is 5.76. The molecule has 9 heteroatoms. The first-order valence-corrected chi connectivity index (χ1v) is 16.4. The molecule has 1 rings (SSSR count). The van der Waals surface area contributed by atoms with Gasteiger partial charge in [-0.15, -0.1) is 0 Å². The van der Waals surface area contributed by atoms with Crippen LogP contribution in [0.15, 0.2) is 12.2 Å². The molecular formula is C32H61NO8. The van der Waals surface area contributed by atoms with Gasteiger partial charge in [-0.2, -0.15) is 0 Å². The van der Waals surface area contributed by atoms with Gasteiger partial charge in [0.1, 0.15) is 24.4 Å². The summed E-state index contributed by atoms with van der Waals surface area (Å²) in [5, 5.41) is 53.4. The van der Waals surface area contributed by atoms with Crippen molar-refractivity contribution < 1.29 is 39.8 Å². The number of hydrogen-bond donors (Lipinski definition) is 6. The fourth-order valence-corrected chi connectivity index (χ4v) is 5.09. The second kappa shape index (κ2) is 24.4. The minimum atomic E-state index is -1.56. The lowest BCUT2D eigenvalue weighted by atomic mass is 9.99. The first kappa shape index (κ1) is 38.0. The van der Waals surface area contributed by atoms with Gasteiger partial charge in [-0.05, 0) is 19.3 Å². The van der Waals surface area contributed by atoms with E-state index in [-0.39, 0.29) is 12.5 Å². The van der Waals surface area contributed by atoms with Crippen molar-refractivity contribution in [2.24, 2.45) is 0 Å². The number of hydrogen-bond acceptors (Lipinski definition) is 8. The van der Waals surface area contributed by atoms with E-state index in [0.717, 1.165) is 51.4 Å². The fourth-order valence-electron chi connectivity index (χ4n) is 5.09. The molecule has 1 amide bonds. The van der Waals surface area contributed by atoms with Crippen LogP contribution in [0.2, 0.25) is 0 Å². The van der Waals surface area contributed by atoms with E-state index in [1.165, 1.54) is 57.8 Å². The van der Waals surface area contributed by atoms with Crippen LogP contribution < -0.4 is 5.32 Å². The first-order valence-electron chi connectivity index (χ1n) is 16.4. The number of carbonyl (C=O) groups excluding carboxylic acids is 1. The van der Waals surface area contributed by atoms with Gasteiger partial charge >= 0.3 is 0 Å². The summed E-state index contributed by atoms with van der Waals surface area (Å²) in [6.07, 6.45) is 15.8. The summed E-state index contributed by atoms with van der Waals surface area (Å²) in [4.78, 5) is 12.6. The van der Waals surface area contributed by atoms with Crippen LogP contribution in [0.3, 0.4) is 0 Å². The van der Waals surface area contributed by atoms with E-state index in [2.05, 4.69) is 19.2 Å². The molecule has 1 aliphatic heterocycles. The molecular weight excluding hydrogens is 526 g/mol. The standard InChI is InChI=1S/C32H61NO8/c1-3-5-7-9-10-11-12-13-14-15-16-18-19-21-26(35)25(33-28(36)22-20-17-8-6-4-2)24-40-32-31(39)30(38)29(37)27(23-34)41-32/h19,21,25-27,29-32,34-35,37-39H,3-18,20,22-24H2,1-2H3,(H,33,36)/t25-,26+,27?,29?,30?,31?,32?/m0/s1. The van der Waals surface area contributed by atoms with Crippen LogP contribution in [0.1, 0.15) is 129 Å². The Morgan fingerprint density at radius 3 is 1.90 bits per heavy atom. The maximum Gasteiger partial charge on any atom is 0.220 e. The fraction of sp³-hybridized carbons (Fsp3) is 0.906. The molecule has 0 spiro atoms. The SMILES string of the molecule is CCCCCCCCCCCCCC=C[C@@H](O)[C@H](COC1OC(CO)C(O)C(O)C1O)NC(=O)CCCCCCC. The number of amides is 1. The largest absolute Gasteiger partial charge is 0.394 e. The summed E-state index contributed by atoms with van der Waals surface area (Å²) < 4.78 is 11.0. The monoisotopic (exact) mass is 587 g/mol. The predicted octanol–water partition coefficient (Wildman–Crippen LogP) is 4.27. The second-order valence-corrected chi connectivity index (χ2v) is 11.6. The van der Waals surface area contributed by atoms with Crippen LogP contribution in [-0.4, -0.2) is 87.5 Å². The van der Waals surface area contributed by atoms with Crippen molar-refractivity contribution in [2.75, 3.05) is 13.2 Å². The van der Waals surface area contributed by atoms with Crippen molar-refractivity contribution in [3.63, 3.8) is 0 Å². The number of rotatable bonds is 25. The lowest BCUT2D eigenvalue weighted by Gasteiger charge is -2.40. The zero-order valence-corrected chi connectivity index (χ0v) is 25.8. The lowest BCUT2D eigenvalue weighted by Crippen LogP contribution is -2.60. The molecule has 242 valence electrons. The molecule has 1 aliphatic rings. The van der Waals surface area contributed by atoms with E-state index in [4.69, 9.17) is 9.47 Å². The Kier molecular flexibility index (Phi) is 22.6. The third-order valence-corrected chi connectivity index (χ3v) is 7.86. The molecule has 0 saturated carbocycles. The third kappa shape index (κ3) is 17.0. The Balaban J connectivity index is 2.50. The van der Waals surface area contributed by atoms with E-state index in [1.54, 1.807) is 6.08 Å². The van der Waals surface area contributed by atoms with Gasteiger partial charge in [0.05, 0.1) is 25.4 Å². The normalized spacial score (nSPS) is 24.5. The maximum absolute atomic E-state index is 12.6. The molecule has 7 atom stereocenters. The minimum absolute atomic E-state index is 0.186. The number of unbranched alkanes of at least 4 members (excludes halogenated alkanes) is 15. The van der Waals surface area contributed by atoms with Crippen LogP contribution in [0, 0.1) is 0 Å². The number of ether oxygens (including phenoxy) is 2. The average molecular weight is 588 g/mol. The summed E-state index contributed by atoms with van der Waals surface area (Å²) in [6, 6.07) is -0.793. The predicted molar refractivity (Wildman–Crippen MR) is 161 cm³/mol. The summed E-state index contributed by atoms with van der Waals surface area (Å²) in [5.41, 5.74) is 0. The van der Waals surface area contributed by atoms with Gasteiger partial charge in [0.15, 0.2) is 6.29 Å². The van der Waals surface area contributed by atoms with Crippen LogP contribution >= 0.6 is 0 Å². The number of allylic oxidation sites excluding steroid dienone is 1. The average Bonchev–Trinajstić information content (AvgIpc) is 2.97. The zero-order valence-electron chi connectivity index (χ0n) is 25.8. The molecule has 0 aromatic carbocycles. The summed E-state index contributed by atoms with van der Waals surface area (Å²) in [6.45, 7) is 3.63. The molecule has 6 N–H and O–H groups in total. The van der Waals surface area contributed by atoms with E-state index in [1.807, 2.05) is 6.08 Å². The summed E-state index contributed by atoms with van der Waals surface area (Å²) in [7, 11) is 0. The van der Waals surface area contributed by atoms with Crippen molar-refractivity contribution in [1.82, 2.24) is 5.32 Å². The number of aliphatic hydroxyl groups excluding tert-OH is 5. The van der Waals surface area contributed by atoms with Gasteiger partial charge in [-0.3, -0.25) is 4.79 Å². The van der Waals surface area contributed by atoms with Gasteiger partial charge in [-0.25, -0.2) is 0 Å². The second-order valence-electron chi connectivity index (χ2n) is 11.6. The molecule has 0 aromatic heterocycles. The Bertz CT molecular complexity index is 662. The maximum atomic E-state index is 12.6. The molecule has 9 nitrogen and oxygen atoms in total. The molecule has 0 radical (unpaired) electrons. The Hall–Kier alpha value is -1.07. The van der Waals surface area contributed by atoms with Crippen molar-refractivity contribution >= 4 is 5.91 Å². The van der Waals surface area contributed by atoms with Crippen molar-refractivity contribution in [3.8, 4) is 0 Å². The van der Waals surface area contributed by atoms with Crippen molar-refractivity contribution in [3.05, 3.63) is 12.2 Å². The van der Waals surface area contributed by atoms with E-state index >= 15 is 0 Å². The van der Waals surface area contributed by atoms with Gasteiger partial charge in [0, 0.05) is 6.42 Å². The Morgan fingerprint density at radius 2 is 1.34 bits per heavy atom. The summed E-state index contributed by atoms with van der Waals surface area (Å²) >= 11 is 0. The quantitative estimate of drug-likeness (QED) is 0.0685.